The molecule has 0 radical (unpaired) electrons. The predicted octanol–water partition coefficient (Wildman–Crippen LogP) is 9.65. The number of benzene rings is 6. The molecule has 1 aliphatic rings. The van der Waals surface area contributed by atoms with Crippen molar-refractivity contribution in [2.24, 2.45) is 9.98 Å². The van der Waals surface area contributed by atoms with Crippen LogP contribution in [0.1, 0.15) is 22.9 Å². The summed E-state index contributed by atoms with van der Waals surface area (Å²) in [5, 5.41) is 7.82. The van der Waals surface area contributed by atoms with Crippen LogP contribution in [0, 0.1) is 0 Å². The van der Waals surface area contributed by atoms with E-state index in [1.807, 2.05) is 66.7 Å². The molecule has 44 heavy (non-hydrogen) atoms. The number of furan rings is 2. The van der Waals surface area contributed by atoms with Gasteiger partial charge in [0.1, 0.15) is 34.3 Å². The molecule has 3 heterocycles. The van der Waals surface area contributed by atoms with Gasteiger partial charge in [0.05, 0.1) is 0 Å². The first-order chi connectivity index (χ1) is 21.8. The Morgan fingerprint density at radius 1 is 0.500 bits per heavy atom. The summed E-state index contributed by atoms with van der Waals surface area (Å²) in [6, 6.07) is 47.5. The molecule has 0 spiro atoms. The second-order valence-electron chi connectivity index (χ2n) is 11.0. The average Bonchev–Trinajstić information content (AvgIpc) is 3.66. The van der Waals surface area contributed by atoms with Crippen LogP contribution in [0.15, 0.2) is 158 Å². The molecule has 1 N–H and O–H groups in total. The fraction of sp³-hybridized carbons (Fsp3) is 0.0256. The lowest BCUT2D eigenvalue weighted by molar-refractivity contribution is 0.668. The van der Waals surface area contributed by atoms with Gasteiger partial charge in [0.2, 0.25) is 0 Å². The maximum atomic E-state index is 6.46. The van der Waals surface area contributed by atoms with Crippen molar-refractivity contribution in [3.8, 4) is 11.1 Å². The smallest absolute Gasteiger partial charge is 0.160 e. The summed E-state index contributed by atoms with van der Waals surface area (Å²) in [4.78, 5) is 10.2. The highest BCUT2D eigenvalue weighted by atomic mass is 16.3. The summed E-state index contributed by atoms with van der Waals surface area (Å²) in [6.45, 7) is 0. The Kier molecular flexibility index (Phi) is 5.50. The van der Waals surface area contributed by atoms with Gasteiger partial charge in [-0.1, -0.05) is 103 Å². The summed E-state index contributed by atoms with van der Waals surface area (Å²) < 4.78 is 12.6. The summed E-state index contributed by atoms with van der Waals surface area (Å²) in [5.74, 6) is 1.46. The fourth-order valence-electron chi connectivity index (χ4n) is 6.22. The molecule has 5 heteroatoms. The normalized spacial score (nSPS) is 15.0. The SMILES string of the molecule is c1ccc(C2=NC(c3cccc4oc5cc(-c6ccc7c(c6)oc6ccccc67)ccc5c34)=NC(c3ccccc3)N2)cc1. The van der Waals surface area contributed by atoms with E-state index in [1.165, 1.54) is 0 Å². The molecule has 5 nitrogen and oxygen atoms in total. The second kappa shape index (κ2) is 9.82. The van der Waals surface area contributed by atoms with Crippen LogP contribution in [0.2, 0.25) is 0 Å². The van der Waals surface area contributed by atoms with Crippen molar-refractivity contribution in [1.29, 1.82) is 0 Å². The van der Waals surface area contributed by atoms with Crippen LogP contribution in [0.25, 0.3) is 55.0 Å². The Balaban J connectivity index is 1.18. The minimum absolute atomic E-state index is 0.271. The van der Waals surface area contributed by atoms with Gasteiger partial charge in [-0.15, -0.1) is 0 Å². The van der Waals surface area contributed by atoms with Crippen LogP contribution in [0.3, 0.4) is 0 Å². The number of hydrogen-bond acceptors (Lipinski definition) is 5. The van der Waals surface area contributed by atoms with Crippen molar-refractivity contribution < 1.29 is 8.83 Å². The molecule has 0 saturated carbocycles. The van der Waals surface area contributed by atoms with Gasteiger partial charge < -0.3 is 14.2 Å². The molecule has 2 aromatic heterocycles. The van der Waals surface area contributed by atoms with Gasteiger partial charge in [-0.25, -0.2) is 9.98 Å². The third kappa shape index (κ3) is 4.02. The van der Waals surface area contributed by atoms with Gasteiger partial charge in [0.25, 0.3) is 0 Å². The second-order valence-corrected chi connectivity index (χ2v) is 11.0. The largest absolute Gasteiger partial charge is 0.456 e. The zero-order chi connectivity index (χ0) is 29.0. The Hall–Kier alpha value is -5.94. The van der Waals surface area contributed by atoms with Crippen molar-refractivity contribution >= 4 is 55.5 Å². The van der Waals surface area contributed by atoms with Crippen LogP contribution < -0.4 is 5.32 Å². The molecule has 1 atom stereocenters. The highest BCUT2D eigenvalue weighted by Gasteiger charge is 2.23. The van der Waals surface area contributed by atoms with E-state index in [-0.39, 0.29) is 6.17 Å². The monoisotopic (exact) mass is 567 g/mol. The molecule has 0 amide bonds. The van der Waals surface area contributed by atoms with E-state index in [0.29, 0.717) is 5.84 Å². The standard InChI is InChI=1S/C39H25N3O2/c1-3-10-24(11-4-1)37-40-38(25-12-5-2-6-13-25)42-39(41-37)31-15-9-17-33-36(31)30-21-19-27(23-35(30)44-33)26-18-20-29-28-14-7-8-16-32(28)43-34(29)22-26/h1-23,37H,(H,40,41,42). The maximum absolute atomic E-state index is 6.46. The Labute approximate surface area is 252 Å². The quantitative estimate of drug-likeness (QED) is 0.230. The molecule has 208 valence electrons. The van der Waals surface area contributed by atoms with E-state index in [4.69, 9.17) is 18.8 Å². The predicted molar refractivity (Wildman–Crippen MR) is 178 cm³/mol. The van der Waals surface area contributed by atoms with Gasteiger partial charge in [-0.3, -0.25) is 0 Å². The molecule has 0 bridgehead atoms. The molecule has 0 fully saturated rings. The van der Waals surface area contributed by atoms with E-state index in [2.05, 4.69) is 78.1 Å². The number of nitrogens with one attached hydrogen (secondary N) is 1. The molecule has 6 aromatic carbocycles. The van der Waals surface area contributed by atoms with Crippen molar-refractivity contribution in [3.63, 3.8) is 0 Å². The van der Waals surface area contributed by atoms with E-state index in [0.717, 1.165) is 77.5 Å². The third-order valence-corrected chi connectivity index (χ3v) is 8.36. The topological polar surface area (TPSA) is 63.0 Å². The molecule has 9 rings (SSSR count). The first kappa shape index (κ1) is 24.6. The van der Waals surface area contributed by atoms with Crippen LogP contribution in [0.5, 0.6) is 0 Å². The first-order valence-corrected chi connectivity index (χ1v) is 14.7. The summed E-state index contributed by atoms with van der Waals surface area (Å²) in [7, 11) is 0. The van der Waals surface area contributed by atoms with E-state index >= 15 is 0 Å². The van der Waals surface area contributed by atoms with Crippen molar-refractivity contribution in [1.82, 2.24) is 5.32 Å². The maximum Gasteiger partial charge on any atom is 0.160 e. The number of para-hydroxylation sites is 1. The lowest BCUT2D eigenvalue weighted by Gasteiger charge is -2.23. The number of amidine groups is 2. The van der Waals surface area contributed by atoms with Crippen LogP contribution >= 0.6 is 0 Å². The van der Waals surface area contributed by atoms with Crippen LogP contribution in [0.4, 0.5) is 0 Å². The molecular weight excluding hydrogens is 542 g/mol. The number of hydrogen-bond donors (Lipinski definition) is 1. The lowest BCUT2D eigenvalue weighted by Crippen LogP contribution is -2.33. The zero-order valence-corrected chi connectivity index (χ0v) is 23.6. The Bertz CT molecular complexity index is 2420. The lowest BCUT2D eigenvalue weighted by atomic mass is 10.00. The van der Waals surface area contributed by atoms with E-state index in [1.54, 1.807) is 0 Å². The van der Waals surface area contributed by atoms with Crippen molar-refractivity contribution in [2.45, 2.75) is 6.17 Å². The number of nitrogens with zero attached hydrogens (tertiary/aromatic N) is 2. The third-order valence-electron chi connectivity index (χ3n) is 8.36. The highest BCUT2D eigenvalue weighted by Crippen LogP contribution is 2.37. The molecule has 0 aliphatic carbocycles. The highest BCUT2D eigenvalue weighted by molar-refractivity contribution is 6.22. The molecular formula is C39H25N3O2. The number of rotatable bonds is 4. The Morgan fingerprint density at radius 3 is 1.95 bits per heavy atom. The molecule has 1 aliphatic heterocycles. The van der Waals surface area contributed by atoms with E-state index in [9.17, 15) is 0 Å². The van der Waals surface area contributed by atoms with Gasteiger partial charge in [0.15, 0.2) is 5.84 Å². The van der Waals surface area contributed by atoms with Crippen LogP contribution in [-0.2, 0) is 0 Å². The summed E-state index contributed by atoms with van der Waals surface area (Å²) >= 11 is 0. The fourth-order valence-corrected chi connectivity index (χ4v) is 6.22. The minimum Gasteiger partial charge on any atom is -0.456 e. The zero-order valence-electron chi connectivity index (χ0n) is 23.6. The average molecular weight is 568 g/mol. The number of aliphatic imine (C=N–C) groups is 2. The van der Waals surface area contributed by atoms with Crippen molar-refractivity contribution in [3.05, 3.63) is 156 Å². The van der Waals surface area contributed by atoms with Crippen molar-refractivity contribution in [2.75, 3.05) is 0 Å². The Morgan fingerprint density at radius 2 is 1.14 bits per heavy atom. The van der Waals surface area contributed by atoms with Gasteiger partial charge in [-0.2, -0.15) is 0 Å². The summed E-state index contributed by atoms with van der Waals surface area (Å²) in [5.41, 5.74) is 8.55. The van der Waals surface area contributed by atoms with Crippen LogP contribution in [-0.4, -0.2) is 11.7 Å². The van der Waals surface area contributed by atoms with Gasteiger partial charge in [0, 0.05) is 32.7 Å². The molecule has 1 unspecified atom stereocenters. The summed E-state index contributed by atoms with van der Waals surface area (Å²) in [6.07, 6.45) is -0.271. The molecule has 8 aromatic rings. The van der Waals surface area contributed by atoms with Gasteiger partial charge >= 0.3 is 0 Å². The minimum atomic E-state index is -0.271. The van der Waals surface area contributed by atoms with E-state index < -0.39 is 0 Å². The number of fused-ring (bicyclic) bond motifs is 6. The van der Waals surface area contributed by atoms with Gasteiger partial charge in [-0.05, 0) is 53.1 Å². The molecule has 0 saturated heterocycles. The first-order valence-electron chi connectivity index (χ1n) is 14.7.